The van der Waals surface area contributed by atoms with Gasteiger partial charge in [-0.05, 0) is 13.0 Å². The van der Waals surface area contributed by atoms with Crippen LogP contribution in [0, 0.1) is 0 Å². The van der Waals surface area contributed by atoms with Gasteiger partial charge in [0, 0.05) is 24.2 Å². The van der Waals surface area contributed by atoms with Crippen LogP contribution in [-0.2, 0) is 18.4 Å². The van der Waals surface area contributed by atoms with E-state index in [1.54, 1.807) is 6.07 Å². The first kappa shape index (κ1) is 18.6. The van der Waals surface area contributed by atoms with Crippen molar-refractivity contribution in [2.75, 3.05) is 0 Å². The lowest BCUT2D eigenvalue weighted by Crippen LogP contribution is -2.25. The number of benzene rings is 2. The number of hydrogen-bond acceptors (Lipinski definition) is 4. The van der Waals surface area contributed by atoms with Crippen molar-refractivity contribution in [3.8, 4) is 33.8 Å². The molecule has 0 atom stereocenters. The molecule has 0 bridgehead atoms. The number of carbonyl (C=O) groups excluding carboxylic acids is 1. The lowest BCUT2D eigenvalue weighted by Gasteiger charge is -2.09. The molecule has 4 rings (SSSR count). The molecule has 0 saturated heterocycles. The van der Waals surface area contributed by atoms with Crippen LogP contribution in [-0.4, -0.2) is 25.3 Å². The second kappa shape index (κ2) is 7.67. The summed E-state index contributed by atoms with van der Waals surface area (Å²) in [7, 11) is 1.89. The van der Waals surface area contributed by atoms with E-state index in [4.69, 9.17) is 5.10 Å². The Hall–Kier alpha value is -3.80. The molecule has 4 aromatic rings. The Labute approximate surface area is 168 Å². The van der Waals surface area contributed by atoms with Crippen LogP contribution in [0.15, 0.2) is 77.6 Å². The van der Waals surface area contributed by atoms with Crippen molar-refractivity contribution in [2.45, 2.75) is 13.5 Å². The molecule has 2 aromatic carbocycles. The average Bonchev–Trinajstić information content (AvgIpc) is 3.08. The summed E-state index contributed by atoms with van der Waals surface area (Å²) in [6.45, 7) is 1.38. The molecule has 0 N–H and O–H groups in total. The molecule has 0 aliphatic rings. The van der Waals surface area contributed by atoms with Gasteiger partial charge in [-0.25, -0.2) is 4.68 Å². The molecule has 2 aromatic heterocycles. The first-order valence-corrected chi connectivity index (χ1v) is 9.30. The topological polar surface area (TPSA) is 69.8 Å². The second-order valence-electron chi connectivity index (χ2n) is 6.84. The first-order valence-electron chi connectivity index (χ1n) is 9.30. The largest absolute Gasteiger partial charge is 0.298 e. The van der Waals surface area contributed by atoms with Gasteiger partial charge in [0.1, 0.15) is 12.2 Å². The highest BCUT2D eigenvalue weighted by Gasteiger charge is 2.22. The van der Waals surface area contributed by atoms with Crippen LogP contribution in [0.1, 0.15) is 6.92 Å². The van der Waals surface area contributed by atoms with E-state index in [0.29, 0.717) is 5.69 Å². The number of ketones is 1. The lowest BCUT2D eigenvalue weighted by molar-refractivity contribution is -0.117. The molecule has 6 nitrogen and oxygen atoms in total. The van der Waals surface area contributed by atoms with Gasteiger partial charge in [0.2, 0.25) is 0 Å². The Balaban J connectivity index is 2.01. The molecule has 2 heterocycles. The molecule has 29 heavy (non-hydrogen) atoms. The predicted molar refractivity (Wildman–Crippen MR) is 112 cm³/mol. The minimum atomic E-state index is -0.310. The second-order valence-corrected chi connectivity index (χ2v) is 6.84. The van der Waals surface area contributed by atoms with Crippen LogP contribution >= 0.6 is 0 Å². The molecule has 0 aliphatic carbocycles. The molecule has 6 heteroatoms. The van der Waals surface area contributed by atoms with Crippen molar-refractivity contribution in [3.63, 3.8) is 0 Å². The molecule has 0 aliphatic heterocycles. The highest BCUT2D eigenvalue weighted by atomic mass is 16.1. The van der Waals surface area contributed by atoms with Gasteiger partial charge in [-0.15, -0.1) is 0 Å². The summed E-state index contributed by atoms with van der Waals surface area (Å²) < 4.78 is 3.03. The number of aromatic nitrogens is 4. The van der Waals surface area contributed by atoms with Crippen molar-refractivity contribution in [1.29, 1.82) is 0 Å². The summed E-state index contributed by atoms with van der Waals surface area (Å²) in [6.07, 6.45) is 0. The van der Waals surface area contributed by atoms with Crippen molar-refractivity contribution < 1.29 is 4.79 Å². The molecule has 0 amide bonds. The maximum Gasteiger partial charge on any atom is 0.267 e. The number of carbonyl (C=O) groups is 1. The van der Waals surface area contributed by atoms with Gasteiger partial charge in [0.05, 0.1) is 17.0 Å². The van der Waals surface area contributed by atoms with E-state index in [2.05, 4.69) is 5.10 Å². The monoisotopic (exact) mass is 384 g/mol. The fourth-order valence-electron chi connectivity index (χ4n) is 3.40. The highest BCUT2D eigenvalue weighted by molar-refractivity contribution is 5.90. The van der Waals surface area contributed by atoms with E-state index < -0.39 is 0 Å². The Morgan fingerprint density at radius 3 is 2.10 bits per heavy atom. The van der Waals surface area contributed by atoms with E-state index in [1.807, 2.05) is 72.4 Å². The standard InChI is InChI=1S/C23H20N4O2/c1-16(28)15-27-20(29)14-13-19(24-27)21-22(17-9-5-3-6-10-17)25-26(2)23(21)18-11-7-4-8-12-18/h3-14H,15H2,1-2H3. The number of aryl methyl sites for hydroxylation is 1. The third-order valence-corrected chi connectivity index (χ3v) is 4.64. The Morgan fingerprint density at radius 2 is 1.48 bits per heavy atom. The molecular weight excluding hydrogens is 364 g/mol. The van der Waals surface area contributed by atoms with E-state index in [9.17, 15) is 9.59 Å². The Morgan fingerprint density at radius 1 is 0.862 bits per heavy atom. The summed E-state index contributed by atoms with van der Waals surface area (Å²) in [6, 6.07) is 22.9. The zero-order valence-electron chi connectivity index (χ0n) is 16.2. The minimum Gasteiger partial charge on any atom is -0.298 e. The third kappa shape index (κ3) is 3.65. The molecule has 0 fully saturated rings. The summed E-state index contributed by atoms with van der Waals surface area (Å²) >= 11 is 0. The van der Waals surface area contributed by atoms with Crippen molar-refractivity contribution in [1.82, 2.24) is 19.6 Å². The van der Waals surface area contributed by atoms with E-state index in [0.717, 1.165) is 28.1 Å². The number of hydrogen-bond donors (Lipinski definition) is 0. The van der Waals surface area contributed by atoms with Crippen LogP contribution < -0.4 is 5.56 Å². The van der Waals surface area contributed by atoms with Gasteiger partial charge in [-0.1, -0.05) is 60.7 Å². The Bertz CT molecular complexity index is 1220. The third-order valence-electron chi connectivity index (χ3n) is 4.64. The van der Waals surface area contributed by atoms with Crippen LogP contribution in [0.4, 0.5) is 0 Å². The lowest BCUT2D eigenvalue weighted by atomic mass is 9.99. The van der Waals surface area contributed by atoms with Crippen molar-refractivity contribution in [2.24, 2.45) is 7.05 Å². The fraction of sp³-hybridized carbons (Fsp3) is 0.130. The molecule has 144 valence electrons. The smallest absolute Gasteiger partial charge is 0.267 e. The van der Waals surface area contributed by atoms with Crippen LogP contribution in [0.3, 0.4) is 0 Å². The molecule has 0 unspecified atom stereocenters. The Kier molecular flexibility index (Phi) is 4.91. The van der Waals surface area contributed by atoms with Crippen LogP contribution in [0.2, 0.25) is 0 Å². The predicted octanol–water partition coefficient (Wildman–Crippen LogP) is 3.57. The maximum absolute atomic E-state index is 12.2. The van der Waals surface area contributed by atoms with Crippen LogP contribution in [0.25, 0.3) is 33.8 Å². The minimum absolute atomic E-state index is 0.0612. The van der Waals surface area contributed by atoms with Gasteiger partial charge in [0.25, 0.3) is 5.56 Å². The summed E-state index contributed by atoms with van der Waals surface area (Å²) in [5.74, 6) is -0.130. The van der Waals surface area contributed by atoms with Gasteiger partial charge < -0.3 is 0 Å². The number of rotatable bonds is 5. The zero-order chi connectivity index (χ0) is 20.4. The average molecular weight is 384 g/mol. The summed E-state index contributed by atoms with van der Waals surface area (Å²) in [5, 5.41) is 9.27. The SMILES string of the molecule is CC(=O)Cn1nc(-c2c(-c3ccccc3)nn(C)c2-c2ccccc2)ccc1=O. The van der Waals surface area contributed by atoms with E-state index >= 15 is 0 Å². The van der Waals surface area contributed by atoms with E-state index in [1.165, 1.54) is 17.7 Å². The van der Waals surface area contributed by atoms with Gasteiger partial charge >= 0.3 is 0 Å². The van der Waals surface area contributed by atoms with Gasteiger partial charge in [0.15, 0.2) is 5.78 Å². The highest BCUT2D eigenvalue weighted by Crippen LogP contribution is 2.38. The zero-order valence-corrected chi connectivity index (χ0v) is 16.2. The van der Waals surface area contributed by atoms with Gasteiger partial charge in [-0.3, -0.25) is 14.3 Å². The fourth-order valence-corrected chi connectivity index (χ4v) is 3.40. The van der Waals surface area contributed by atoms with Gasteiger partial charge in [-0.2, -0.15) is 10.2 Å². The van der Waals surface area contributed by atoms with E-state index in [-0.39, 0.29) is 17.9 Å². The number of Topliss-reactive ketones (excluding diaryl/α,β-unsaturated/α-hetero) is 1. The quantitative estimate of drug-likeness (QED) is 0.527. The molecule has 0 radical (unpaired) electrons. The molecule has 0 saturated carbocycles. The molecule has 0 spiro atoms. The van der Waals surface area contributed by atoms with Crippen molar-refractivity contribution in [3.05, 3.63) is 83.2 Å². The molecular formula is C23H20N4O2. The maximum atomic E-state index is 12.2. The number of nitrogens with zero attached hydrogens (tertiary/aromatic N) is 4. The first-order chi connectivity index (χ1) is 14.0. The summed E-state index contributed by atoms with van der Waals surface area (Å²) in [4.78, 5) is 23.8. The normalized spacial score (nSPS) is 10.8. The van der Waals surface area contributed by atoms with Crippen molar-refractivity contribution >= 4 is 5.78 Å². The summed E-state index contributed by atoms with van der Waals surface area (Å²) in [5.41, 5.74) is 4.71. The van der Waals surface area contributed by atoms with Crippen LogP contribution in [0.5, 0.6) is 0 Å².